The minimum Gasteiger partial charge on any atom is -0.481 e. The van der Waals surface area contributed by atoms with E-state index in [2.05, 4.69) is 0 Å². The molecule has 16 heavy (non-hydrogen) atoms. The highest BCUT2D eigenvalue weighted by Gasteiger charge is 2.21. The largest absolute Gasteiger partial charge is 0.481 e. The van der Waals surface area contributed by atoms with Crippen LogP contribution in [-0.2, 0) is 4.79 Å². The molecule has 0 aliphatic rings. The van der Waals surface area contributed by atoms with Gasteiger partial charge in [0.25, 0.3) is 0 Å². The maximum absolute atomic E-state index is 11.2. The van der Waals surface area contributed by atoms with Gasteiger partial charge in [-0.1, -0.05) is 38.0 Å². The lowest BCUT2D eigenvalue weighted by atomic mass is 9.90. The zero-order chi connectivity index (χ0) is 12.0. The second-order valence-electron chi connectivity index (χ2n) is 3.73. The summed E-state index contributed by atoms with van der Waals surface area (Å²) in [5.41, 5.74) is 1.09. The van der Waals surface area contributed by atoms with Crippen LogP contribution in [0.25, 0.3) is 0 Å². The third-order valence-electron chi connectivity index (χ3n) is 2.60. The number of benzene rings is 1. The molecule has 1 aromatic rings. The van der Waals surface area contributed by atoms with E-state index in [1.165, 1.54) is 0 Å². The molecule has 0 aromatic heterocycles. The molecule has 1 N–H and O–H groups in total. The molecule has 0 fully saturated rings. The first kappa shape index (κ1) is 12.3. The van der Waals surface area contributed by atoms with Gasteiger partial charge in [-0.15, -0.1) is 0 Å². The number of carboxylic acid groups (broad SMARTS) is 1. The zero-order valence-electron chi connectivity index (χ0n) is 9.31. The number of carboxylic acids is 1. The second kappa shape index (κ2) is 5.92. The van der Waals surface area contributed by atoms with Crippen LogP contribution in [-0.4, -0.2) is 11.1 Å². The molecule has 0 aliphatic carbocycles. The van der Waals surface area contributed by atoms with Gasteiger partial charge in [-0.25, -0.2) is 0 Å². The smallest absolute Gasteiger partial charge is 0.311 e. The van der Waals surface area contributed by atoms with Crippen molar-refractivity contribution in [3.05, 3.63) is 35.4 Å². The van der Waals surface area contributed by atoms with Gasteiger partial charge in [-0.3, -0.25) is 4.79 Å². The topological polar surface area (TPSA) is 61.1 Å². The number of nitrogens with zero attached hydrogens (tertiary/aromatic N) is 1. The average Bonchev–Trinajstić information content (AvgIpc) is 2.29. The molecule has 1 rings (SSSR count). The van der Waals surface area contributed by atoms with Crippen LogP contribution >= 0.6 is 0 Å². The number of carbonyl (C=O) groups is 1. The fourth-order valence-electron chi connectivity index (χ4n) is 1.72. The van der Waals surface area contributed by atoms with E-state index in [1.807, 2.05) is 13.0 Å². The maximum atomic E-state index is 11.2. The fourth-order valence-corrected chi connectivity index (χ4v) is 1.72. The molecule has 3 heteroatoms. The summed E-state index contributed by atoms with van der Waals surface area (Å²) in [5, 5.41) is 18.1. The Labute approximate surface area is 95.3 Å². The molecule has 0 aliphatic heterocycles. The van der Waals surface area contributed by atoms with E-state index in [4.69, 9.17) is 10.4 Å². The molecular weight excluding hydrogens is 202 g/mol. The van der Waals surface area contributed by atoms with E-state index in [-0.39, 0.29) is 0 Å². The lowest BCUT2D eigenvalue weighted by molar-refractivity contribution is -0.139. The lowest BCUT2D eigenvalue weighted by Crippen LogP contribution is -2.13. The summed E-state index contributed by atoms with van der Waals surface area (Å²) in [5.74, 6) is -1.41. The quantitative estimate of drug-likeness (QED) is 0.824. The van der Waals surface area contributed by atoms with Crippen LogP contribution < -0.4 is 0 Å². The number of hydrogen-bond acceptors (Lipinski definition) is 2. The highest BCUT2D eigenvalue weighted by molar-refractivity contribution is 5.77. The van der Waals surface area contributed by atoms with Crippen LogP contribution in [0.1, 0.15) is 43.2 Å². The van der Waals surface area contributed by atoms with Crippen LogP contribution in [0.3, 0.4) is 0 Å². The Balaban J connectivity index is 3.01. The summed E-state index contributed by atoms with van der Waals surface area (Å²) in [6.07, 6.45) is 2.40. The first-order chi connectivity index (χ1) is 7.70. The van der Waals surface area contributed by atoms with E-state index in [0.717, 1.165) is 12.8 Å². The van der Waals surface area contributed by atoms with E-state index < -0.39 is 11.9 Å². The molecule has 1 unspecified atom stereocenters. The van der Waals surface area contributed by atoms with Crippen molar-refractivity contribution in [2.45, 2.75) is 32.1 Å². The van der Waals surface area contributed by atoms with Crippen molar-refractivity contribution in [1.29, 1.82) is 5.26 Å². The zero-order valence-corrected chi connectivity index (χ0v) is 9.31. The van der Waals surface area contributed by atoms with Crippen molar-refractivity contribution in [3.63, 3.8) is 0 Å². The summed E-state index contributed by atoms with van der Waals surface area (Å²) >= 11 is 0. The van der Waals surface area contributed by atoms with Crippen LogP contribution in [0.5, 0.6) is 0 Å². The number of rotatable bonds is 5. The van der Waals surface area contributed by atoms with E-state index in [9.17, 15) is 4.79 Å². The van der Waals surface area contributed by atoms with Gasteiger partial charge in [0, 0.05) is 0 Å². The van der Waals surface area contributed by atoms with Crippen LogP contribution in [0.15, 0.2) is 24.3 Å². The Kier molecular flexibility index (Phi) is 4.53. The molecule has 0 bridgehead atoms. The normalized spacial score (nSPS) is 11.8. The molecule has 3 nitrogen and oxygen atoms in total. The Morgan fingerprint density at radius 3 is 2.75 bits per heavy atom. The van der Waals surface area contributed by atoms with Gasteiger partial charge < -0.3 is 5.11 Å². The van der Waals surface area contributed by atoms with Crippen molar-refractivity contribution >= 4 is 5.97 Å². The summed E-state index contributed by atoms with van der Waals surface area (Å²) in [6.45, 7) is 2.02. The first-order valence-electron chi connectivity index (χ1n) is 5.42. The van der Waals surface area contributed by atoms with Crippen LogP contribution in [0, 0.1) is 11.3 Å². The molecule has 0 saturated heterocycles. The summed E-state index contributed by atoms with van der Waals surface area (Å²) in [6, 6.07) is 8.96. The van der Waals surface area contributed by atoms with Gasteiger partial charge in [0.15, 0.2) is 0 Å². The highest BCUT2D eigenvalue weighted by Crippen LogP contribution is 2.25. The van der Waals surface area contributed by atoms with Gasteiger partial charge in [0.2, 0.25) is 0 Å². The number of unbranched alkanes of at least 4 members (excludes halogenated alkanes) is 1. The Morgan fingerprint density at radius 2 is 2.19 bits per heavy atom. The highest BCUT2D eigenvalue weighted by atomic mass is 16.4. The lowest BCUT2D eigenvalue weighted by Gasteiger charge is -2.13. The predicted molar refractivity (Wildman–Crippen MR) is 61.1 cm³/mol. The number of nitriles is 1. The number of hydrogen-bond donors (Lipinski definition) is 1. The Hall–Kier alpha value is -1.82. The SMILES string of the molecule is CCCCC(C(=O)O)c1ccccc1C#N. The van der Waals surface area contributed by atoms with Gasteiger partial charge in [0.1, 0.15) is 0 Å². The minimum absolute atomic E-state index is 0.464. The van der Waals surface area contributed by atoms with Gasteiger partial charge >= 0.3 is 5.97 Å². The van der Waals surface area contributed by atoms with Crippen molar-refractivity contribution in [3.8, 4) is 6.07 Å². The average molecular weight is 217 g/mol. The van der Waals surface area contributed by atoms with Crippen molar-refractivity contribution in [2.24, 2.45) is 0 Å². The summed E-state index contributed by atoms with van der Waals surface area (Å²) in [7, 11) is 0. The fraction of sp³-hybridized carbons (Fsp3) is 0.385. The van der Waals surface area contributed by atoms with Crippen LogP contribution in [0.2, 0.25) is 0 Å². The monoisotopic (exact) mass is 217 g/mol. The molecule has 0 spiro atoms. The molecule has 0 saturated carbocycles. The summed E-state index contributed by atoms with van der Waals surface area (Å²) in [4.78, 5) is 11.2. The molecule has 0 heterocycles. The van der Waals surface area contributed by atoms with E-state index in [0.29, 0.717) is 17.5 Å². The van der Waals surface area contributed by atoms with Crippen molar-refractivity contribution in [2.75, 3.05) is 0 Å². The Bertz CT molecular complexity index is 407. The molecule has 1 atom stereocenters. The van der Waals surface area contributed by atoms with Crippen molar-refractivity contribution in [1.82, 2.24) is 0 Å². The minimum atomic E-state index is -0.851. The third-order valence-corrected chi connectivity index (χ3v) is 2.60. The maximum Gasteiger partial charge on any atom is 0.311 e. The predicted octanol–water partition coefficient (Wildman–Crippen LogP) is 2.92. The Morgan fingerprint density at radius 1 is 1.50 bits per heavy atom. The number of aliphatic carboxylic acids is 1. The first-order valence-corrected chi connectivity index (χ1v) is 5.42. The molecular formula is C13H15NO2. The molecule has 0 radical (unpaired) electrons. The third kappa shape index (κ3) is 2.83. The van der Waals surface area contributed by atoms with Gasteiger partial charge in [-0.2, -0.15) is 5.26 Å². The van der Waals surface area contributed by atoms with Gasteiger partial charge in [-0.05, 0) is 18.1 Å². The molecule has 0 amide bonds. The van der Waals surface area contributed by atoms with Gasteiger partial charge in [0.05, 0.1) is 17.6 Å². The summed E-state index contributed by atoms with van der Waals surface area (Å²) < 4.78 is 0. The van der Waals surface area contributed by atoms with E-state index >= 15 is 0 Å². The second-order valence-corrected chi connectivity index (χ2v) is 3.73. The molecule has 84 valence electrons. The molecule has 1 aromatic carbocycles. The van der Waals surface area contributed by atoms with E-state index in [1.54, 1.807) is 24.3 Å². The van der Waals surface area contributed by atoms with Crippen LogP contribution in [0.4, 0.5) is 0 Å². The van der Waals surface area contributed by atoms with Crippen molar-refractivity contribution < 1.29 is 9.90 Å². The standard InChI is InChI=1S/C13H15NO2/c1-2-3-7-12(13(15)16)11-8-5-4-6-10(11)9-14/h4-6,8,12H,2-3,7H2,1H3,(H,15,16).